The van der Waals surface area contributed by atoms with Crippen molar-refractivity contribution in [3.63, 3.8) is 0 Å². The normalized spacial score (nSPS) is 10.8. The van der Waals surface area contributed by atoms with Crippen molar-refractivity contribution in [2.75, 3.05) is 11.6 Å². The molecule has 0 bridgehead atoms. The zero-order chi connectivity index (χ0) is 13.7. The number of hydrogen-bond acceptors (Lipinski definition) is 3. The second-order valence-corrected chi connectivity index (χ2v) is 4.88. The molecule has 1 amide bonds. The molecule has 1 aromatic heterocycles. The number of carbonyl (C=O) groups excluding carboxylic acids is 1. The van der Waals surface area contributed by atoms with Gasteiger partial charge in [0.25, 0.3) is 0 Å². The van der Waals surface area contributed by atoms with Crippen LogP contribution in [0.1, 0.15) is 5.56 Å². The van der Waals surface area contributed by atoms with E-state index in [-0.39, 0.29) is 5.91 Å². The first-order valence-electron chi connectivity index (χ1n) is 5.79. The monoisotopic (exact) mass is 273 g/mol. The molecule has 1 aromatic carbocycles. The van der Waals surface area contributed by atoms with Gasteiger partial charge in [0.15, 0.2) is 0 Å². The summed E-state index contributed by atoms with van der Waals surface area (Å²) in [5.41, 5.74) is 1.69. The second-order valence-electron chi connectivity index (χ2n) is 4.00. The molecule has 19 heavy (non-hydrogen) atoms. The Morgan fingerprint density at radius 1 is 1.37 bits per heavy atom. The van der Waals surface area contributed by atoms with E-state index >= 15 is 0 Å². The number of thioether (sulfide) groups is 1. The van der Waals surface area contributed by atoms with Gasteiger partial charge in [-0.15, -0.1) is 11.8 Å². The van der Waals surface area contributed by atoms with Crippen molar-refractivity contribution < 1.29 is 4.79 Å². The van der Waals surface area contributed by atoms with E-state index in [1.807, 2.05) is 43.8 Å². The summed E-state index contributed by atoms with van der Waals surface area (Å²) in [6, 6.07) is 7.74. The van der Waals surface area contributed by atoms with Crippen LogP contribution >= 0.6 is 11.8 Å². The van der Waals surface area contributed by atoms with E-state index in [1.54, 1.807) is 28.7 Å². The second kappa shape index (κ2) is 6.24. The van der Waals surface area contributed by atoms with Gasteiger partial charge < -0.3 is 5.32 Å². The van der Waals surface area contributed by atoms with Crippen molar-refractivity contribution >= 4 is 29.4 Å². The van der Waals surface area contributed by atoms with Crippen molar-refractivity contribution in [3.05, 3.63) is 48.3 Å². The van der Waals surface area contributed by atoms with Crippen LogP contribution in [0.4, 0.5) is 5.69 Å². The molecule has 0 spiro atoms. The Balaban J connectivity index is 1.95. The molecule has 0 radical (unpaired) electrons. The Morgan fingerprint density at radius 2 is 2.11 bits per heavy atom. The Morgan fingerprint density at radius 3 is 2.68 bits per heavy atom. The van der Waals surface area contributed by atoms with Crippen molar-refractivity contribution in [1.29, 1.82) is 0 Å². The number of aromatic nitrogens is 2. The van der Waals surface area contributed by atoms with Crippen LogP contribution in [0.5, 0.6) is 0 Å². The predicted molar refractivity (Wildman–Crippen MR) is 79.1 cm³/mol. The third-order valence-corrected chi connectivity index (χ3v) is 3.25. The number of benzene rings is 1. The SMILES string of the molecule is CSc1ccc(NC(=O)/C=C/c2cnn(C)c2)cc1. The molecule has 98 valence electrons. The maximum Gasteiger partial charge on any atom is 0.248 e. The van der Waals surface area contributed by atoms with Gasteiger partial charge in [-0.3, -0.25) is 9.48 Å². The molecule has 0 aliphatic heterocycles. The van der Waals surface area contributed by atoms with Crippen molar-refractivity contribution in [2.45, 2.75) is 4.90 Å². The lowest BCUT2D eigenvalue weighted by Crippen LogP contribution is -2.07. The summed E-state index contributed by atoms with van der Waals surface area (Å²) in [5.74, 6) is -0.152. The van der Waals surface area contributed by atoms with Crippen LogP contribution in [-0.4, -0.2) is 21.9 Å². The number of anilines is 1. The number of amides is 1. The fraction of sp³-hybridized carbons (Fsp3) is 0.143. The highest BCUT2D eigenvalue weighted by atomic mass is 32.2. The number of nitrogens with one attached hydrogen (secondary N) is 1. The molecule has 0 saturated carbocycles. The summed E-state index contributed by atoms with van der Waals surface area (Å²) in [7, 11) is 1.84. The van der Waals surface area contributed by atoms with Crippen molar-refractivity contribution in [3.8, 4) is 0 Å². The van der Waals surface area contributed by atoms with Gasteiger partial charge in [-0.05, 0) is 36.6 Å². The molecule has 4 nitrogen and oxygen atoms in total. The summed E-state index contributed by atoms with van der Waals surface area (Å²) in [6.07, 6.45) is 8.80. The van der Waals surface area contributed by atoms with Crippen LogP contribution in [0.3, 0.4) is 0 Å². The number of rotatable bonds is 4. The van der Waals surface area contributed by atoms with Gasteiger partial charge in [-0.25, -0.2) is 0 Å². The van der Waals surface area contributed by atoms with Crippen LogP contribution in [0.15, 0.2) is 47.6 Å². The average Bonchev–Trinajstić information content (AvgIpc) is 2.83. The van der Waals surface area contributed by atoms with Gasteiger partial charge in [0, 0.05) is 35.5 Å². The lowest BCUT2D eigenvalue weighted by Gasteiger charge is -2.02. The first-order valence-corrected chi connectivity index (χ1v) is 7.01. The fourth-order valence-corrected chi connectivity index (χ4v) is 1.96. The van der Waals surface area contributed by atoms with E-state index in [0.29, 0.717) is 0 Å². The highest BCUT2D eigenvalue weighted by Crippen LogP contribution is 2.17. The molecule has 2 aromatic rings. The zero-order valence-corrected chi connectivity index (χ0v) is 11.6. The van der Waals surface area contributed by atoms with E-state index in [4.69, 9.17) is 0 Å². The van der Waals surface area contributed by atoms with Gasteiger partial charge >= 0.3 is 0 Å². The Bertz CT molecular complexity index is 587. The average molecular weight is 273 g/mol. The Labute approximate surface area is 116 Å². The van der Waals surface area contributed by atoms with E-state index in [1.165, 1.54) is 11.0 Å². The number of carbonyl (C=O) groups is 1. The Hall–Kier alpha value is -2.01. The third kappa shape index (κ3) is 3.99. The van der Waals surface area contributed by atoms with E-state index < -0.39 is 0 Å². The number of nitrogens with zero attached hydrogens (tertiary/aromatic N) is 2. The highest BCUT2D eigenvalue weighted by Gasteiger charge is 1.98. The highest BCUT2D eigenvalue weighted by molar-refractivity contribution is 7.98. The number of hydrogen-bond donors (Lipinski definition) is 1. The van der Waals surface area contributed by atoms with Gasteiger partial charge in [0.2, 0.25) is 5.91 Å². The molecule has 0 atom stereocenters. The zero-order valence-electron chi connectivity index (χ0n) is 10.8. The van der Waals surface area contributed by atoms with Gasteiger partial charge in [0.05, 0.1) is 6.20 Å². The lowest BCUT2D eigenvalue weighted by molar-refractivity contribution is -0.111. The first kappa shape index (κ1) is 13.4. The number of aryl methyl sites for hydroxylation is 1. The Kier molecular flexibility index (Phi) is 4.41. The minimum Gasteiger partial charge on any atom is -0.323 e. The fourth-order valence-electron chi connectivity index (χ4n) is 1.56. The largest absolute Gasteiger partial charge is 0.323 e. The summed E-state index contributed by atoms with van der Waals surface area (Å²) < 4.78 is 1.69. The summed E-state index contributed by atoms with van der Waals surface area (Å²) in [5, 5.41) is 6.84. The van der Waals surface area contributed by atoms with Gasteiger partial charge in [-0.2, -0.15) is 5.10 Å². The van der Waals surface area contributed by atoms with E-state index in [0.717, 1.165) is 11.3 Å². The van der Waals surface area contributed by atoms with Crippen LogP contribution in [0.25, 0.3) is 6.08 Å². The first-order chi connectivity index (χ1) is 9.17. The summed E-state index contributed by atoms with van der Waals surface area (Å²) in [4.78, 5) is 12.9. The molecule has 0 aliphatic carbocycles. The van der Waals surface area contributed by atoms with Gasteiger partial charge in [0.1, 0.15) is 0 Å². The molecular formula is C14H15N3OS. The molecule has 0 unspecified atom stereocenters. The molecule has 2 rings (SSSR count). The maximum atomic E-state index is 11.7. The minimum atomic E-state index is -0.152. The molecular weight excluding hydrogens is 258 g/mol. The van der Waals surface area contributed by atoms with E-state index in [2.05, 4.69) is 10.4 Å². The van der Waals surface area contributed by atoms with Crippen LogP contribution in [0, 0.1) is 0 Å². The maximum absolute atomic E-state index is 11.7. The lowest BCUT2D eigenvalue weighted by atomic mass is 10.3. The van der Waals surface area contributed by atoms with Crippen molar-refractivity contribution in [1.82, 2.24) is 9.78 Å². The molecule has 0 aliphatic rings. The molecule has 5 heteroatoms. The molecule has 0 saturated heterocycles. The minimum absolute atomic E-state index is 0.152. The van der Waals surface area contributed by atoms with Crippen molar-refractivity contribution in [2.24, 2.45) is 7.05 Å². The smallest absolute Gasteiger partial charge is 0.248 e. The van der Waals surface area contributed by atoms with Crippen LogP contribution in [0.2, 0.25) is 0 Å². The van der Waals surface area contributed by atoms with Crippen LogP contribution in [-0.2, 0) is 11.8 Å². The summed E-state index contributed by atoms with van der Waals surface area (Å²) in [6.45, 7) is 0. The summed E-state index contributed by atoms with van der Waals surface area (Å²) >= 11 is 1.67. The standard InChI is InChI=1S/C14H15N3OS/c1-17-10-11(9-15-17)3-8-14(18)16-12-4-6-13(19-2)7-5-12/h3-10H,1-2H3,(H,16,18)/b8-3+. The van der Waals surface area contributed by atoms with E-state index in [9.17, 15) is 4.79 Å². The van der Waals surface area contributed by atoms with Gasteiger partial charge in [-0.1, -0.05) is 0 Å². The predicted octanol–water partition coefficient (Wildman–Crippen LogP) is 2.79. The topological polar surface area (TPSA) is 46.9 Å². The third-order valence-electron chi connectivity index (χ3n) is 2.51. The molecule has 0 fully saturated rings. The molecule has 1 N–H and O–H groups in total. The quantitative estimate of drug-likeness (QED) is 0.688. The molecule has 1 heterocycles. The van der Waals surface area contributed by atoms with Crippen LogP contribution < -0.4 is 5.32 Å².